The Hall–Kier alpha value is -2.22. The maximum absolute atomic E-state index is 13.7. The molecule has 1 aromatic carbocycles. The van der Waals surface area contributed by atoms with Crippen molar-refractivity contribution in [1.82, 2.24) is 15.2 Å². The van der Waals surface area contributed by atoms with Gasteiger partial charge in [-0.3, -0.25) is 14.5 Å². The minimum Gasteiger partial charge on any atom is -0.353 e. The Balaban J connectivity index is 1.29. The number of rotatable bonds is 6. The van der Waals surface area contributed by atoms with E-state index in [-0.39, 0.29) is 27.7 Å². The highest BCUT2D eigenvalue weighted by atomic mass is 35.5. The first-order chi connectivity index (χ1) is 16.4. The summed E-state index contributed by atoms with van der Waals surface area (Å²) >= 11 is 11.6. The number of benzene rings is 1. The number of hydrogen-bond donors (Lipinski definition) is 2. The molecule has 0 spiro atoms. The minimum atomic E-state index is -0.805. The third-order valence-electron chi connectivity index (χ3n) is 6.63. The van der Waals surface area contributed by atoms with E-state index < -0.39 is 11.7 Å². The van der Waals surface area contributed by atoms with Gasteiger partial charge in [-0.25, -0.2) is 9.37 Å². The molecule has 9 heteroatoms. The van der Waals surface area contributed by atoms with E-state index in [1.54, 1.807) is 6.07 Å². The number of piperidine rings is 1. The predicted octanol–water partition coefficient (Wildman–Crippen LogP) is 5.44. The van der Waals surface area contributed by atoms with Gasteiger partial charge in [-0.1, -0.05) is 54.6 Å². The van der Waals surface area contributed by atoms with Gasteiger partial charge < -0.3 is 10.6 Å². The van der Waals surface area contributed by atoms with E-state index >= 15 is 0 Å². The van der Waals surface area contributed by atoms with Crippen molar-refractivity contribution in [1.29, 1.82) is 0 Å². The second kappa shape index (κ2) is 11.5. The Bertz CT molecular complexity index is 1040. The van der Waals surface area contributed by atoms with Gasteiger partial charge in [0, 0.05) is 24.2 Å². The molecule has 2 heterocycles. The summed E-state index contributed by atoms with van der Waals surface area (Å²) in [4.78, 5) is 31.2. The lowest BCUT2D eigenvalue weighted by atomic mass is 9.92. The fourth-order valence-electron chi connectivity index (χ4n) is 4.73. The molecule has 0 radical (unpaired) electrons. The van der Waals surface area contributed by atoms with Crippen LogP contribution in [0.2, 0.25) is 10.3 Å². The lowest BCUT2D eigenvalue weighted by Crippen LogP contribution is -2.44. The number of carbonyl (C=O) groups is 2. The Labute approximate surface area is 209 Å². The van der Waals surface area contributed by atoms with Crippen LogP contribution in [-0.2, 0) is 11.3 Å². The van der Waals surface area contributed by atoms with Crippen molar-refractivity contribution in [3.8, 4) is 0 Å². The molecule has 1 saturated carbocycles. The molecule has 2 aliphatic rings. The molecular weight excluding hydrogens is 478 g/mol. The van der Waals surface area contributed by atoms with Crippen LogP contribution in [0.1, 0.15) is 60.9 Å². The number of aromatic nitrogens is 1. The second-order valence-electron chi connectivity index (χ2n) is 9.15. The molecule has 1 aromatic heterocycles. The SMILES string of the molecule is O=C(Nc1cccc(CN2CCC(C(=O)NC3CCCCC3)CC2)c1)c1cc(F)c(Cl)nc1Cl. The zero-order valence-corrected chi connectivity index (χ0v) is 20.5. The van der Waals surface area contributed by atoms with Gasteiger partial charge in [0.1, 0.15) is 5.15 Å². The van der Waals surface area contributed by atoms with E-state index in [2.05, 4.69) is 20.5 Å². The van der Waals surface area contributed by atoms with Gasteiger partial charge >= 0.3 is 0 Å². The molecule has 1 aliphatic heterocycles. The zero-order chi connectivity index (χ0) is 24.1. The van der Waals surface area contributed by atoms with Crippen molar-refractivity contribution in [3.63, 3.8) is 0 Å². The number of halogens is 3. The summed E-state index contributed by atoms with van der Waals surface area (Å²) in [5, 5.41) is 5.47. The summed E-state index contributed by atoms with van der Waals surface area (Å²) in [6.07, 6.45) is 7.61. The Morgan fingerprint density at radius 3 is 2.50 bits per heavy atom. The number of pyridine rings is 1. The molecule has 6 nitrogen and oxygen atoms in total. The minimum absolute atomic E-state index is 0.0810. The van der Waals surface area contributed by atoms with Gasteiger partial charge in [-0.15, -0.1) is 0 Å². The molecule has 0 atom stereocenters. The molecule has 4 rings (SSSR count). The van der Waals surface area contributed by atoms with Crippen molar-refractivity contribution < 1.29 is 14.0 Å². The van der Waals surface area contributed by atoms with Crippen molar-refractivity contribution in [2.75, 3.05) is 18.4 Å². The van der Waals surface area contributed by atoms with Crippen LogP contribution in [0.25, 0.3) is 0 Å². The summed E-state index contributed by atoms with van der Waals surface area (Å²) in [5.41, 5.74) is 1.53. The Kier molecular flexibility index (Phi) is 8.40. The van der Waals surface area contributed by atoms with Crippen LogP contribution in [0.15, 0.2) is 30.3 Å². The normalized spacial score (nSPS) is 18.0. The monoisotopic (exact) mass is 506 g/mol. The molecular formula is C25H29Cl2FN4O2. The summed E-state index contributed by atoms with van der Waals surface area (Å²) in [6.45, 7) is 2.42. The largest absolute Gasteiger partial charge is 0.353 e. The lowest BCUT2D eigenvalue weighted by molar-refractivity contribution is -0.127. The summed E-state index contributed by atoms with van der Waals surface area (Å²) in [5.74, 6) is -1.07. The molecule has 1 saturated heterocycles. The van der Waals surface area contributed by atoms with E-state index in [0.29, 0.717) is 11.7 Å². The van der Waals surface area contributed by atoms with Gasteiger partial charge in [0.05, 0.1) is 5.56 Å². The molecule has 2 fully saturated rings. The highest BCUT2D eigenvalue weighted by Gasteiger charge is 2.27. The molecule has 0 bridgehead atoms. The van der Waals surface area contributed by atoms with E-state index in [9.17, 15) is 14.0 Å². The predicted molar refractivity (Wildman–Crippen MR) is 132 cm³/mol. The van der Waals surface area contributed by atoms with Crippen LogP contribution in [-0.4, -0.2) is 40.8 Å². The summed E-state index contributed by atoms with van der Waals surface area (Å²) in [6, 6.07) is 8.83. The molecule has 1 aliphatic carbocycles. The van der Waals surface area contributed by atoms with Crippen molar-refractivity contribution >= 4 is 40.7 Å². The standard InChI is InChI=1S/C25H29Cl2FN4O2/c26-22-20(14-21(28)23(27)31-22)25(34)30-19-8-4-5-16(13-19)15-32-11-9-17(10-12-32)24(33)29-18-6-2-1-3-7-18/h4-5,8,13-14,17-18H,1-3,6-7,9-12,15H2,(H,29,33)(H,30,34). The third-order valence-corrected chi connectivity index (χ3v) is 7.19. The highest BCUT2D eigenvalue weighted by molar-refractivity contribution is 6.35. The molecule has 34 heavy (non-hydrogen) atoms. The number of nitrogens with one attached hydrogen (secondary N) is 2. The van der Waals surface area contributed by atoms with E-state index in [0.717, 1.165) is 56.9 Å². The first kappa shape index (κ1) is 24.9. The van der Waals surface area contributed by atoms with E-state index in [1.165, 1.54) is 19.3 Å². The van der Waals surface area contributed by atoms with Gasteiger partial charge in [-0.05, 0) is 62.5 Å². The maximum Gasteiger partial charge on any atom is 0.258 e. The van der Waals surface area contributed by atoms with E-state index in [1.807, 2.05) is 18.2 Å². The van der Waals surface area contributed by atoms with Crippen LogP contribution < -0.4 is 10.6 Å². The second-order valence-corrected chi connectivity index (χ2v) is 9.86. The number of anilines is 1. The smallest absolute Gasteiger partial charge is 0.258 e. The van der Waals surface area contributed by atoms with Crippen molar-refractivity contribution in [2.24, 2.45) is 5.92 Å². The first-order valence-electron chi connectivity index (χ1n) is 11.8. The molecule has 2 N–H and O–H groups in total. The van der Waals surface area contributed by atoms with Crippen LogP contribution in [0.4, 0.5) is 10.1 Å². The first-order valence-corrected chi connectivity index (χ1v) is 12.6. The molecule has 0 unspecified atom stereocenters. The average molecular weight is 507 g/mol. The summed E-state index contributed by atoms with van der Waals surface area (Å²) < 4.78 is 13.7. The van der Waals surface area contributed by atoms with Crippen LogP contribution in [0.3, 0.4) is 0 Å². The van der Waals surface area contributed by atoms with Crippen LogP contribution in [0.5, 0.6) is 0 Å². The number of likely N-dealkylation sites (tertiary alicyclic amines) is 1. The quantitative estimate of drug-likeness (QED) is 0.511. The number of nitrogens with zero attached hydrogens (tertiary/aromatic N) is 2. The average Bonchev–Trinajstić information content (AvgIpc) is 2.82. The fourth-order valence-corrected chi connectivity index (χ4v) is 5.14. The number of hydrogen-bond acceptors (Lipinski definition) is 4. The Morgan fingerprint density at radius 1 is 1.03 bits per heavy atom. The highest BCUT2D eigenvalue weighted by Crippen LogP contribution is 2.24. The number of carbonyl (C=O) groups excluding carboxylic acids is 2. The number of amides is 2. The van der Waals surface area contributed by atoms with Gasteiger partial charge in [0.2, 0.25) is 5.91 Å². The maximum atomic E-state index is 13.7. The summed E-state index contributed by atoms with van der Waals surface area (Å²) in [7, 11) is 0. The van der Waals surface area contributed by atoms with Gasteiger partial charge in [0.25, 0.3) is 5.91 Å². The van der Waals surface area contributed by atoms with Crippen LogP contribution >= 0.6 is 23.2 Å². The van der Waals surface area contributed by atoms with Gasteiger partial charge in [0.15, 0.2) is 11.0 Å². The van der Waals surface area contributed by atoms with Crippen molar-refractivity contribution in [3.05, 3.63) is 57.6 Å². The Morgan fingerprint density at radius 2 is 1.76 bits per heavy atom. The van der Waals surface area contributed by atoms with Crippen LogP contribution in [0, 0.1) is 11.7 Å². The van der Waals surface area contributed by atoms with Gasteiger partial charge in [-0.2, -0.15) is 0 Å². The molecule has 2 amide bonds. The third kappa shape index (κ3) is 6.46. The fraction of sp³-hybridized carbons (Fsp3) is 0.480. The van der Waals surface area contributed by atoms with E-state index in [4.69, 9.17) is 23.2 Å². The topological polar surface area (TPSA) is 74.3 Å². The molecule has 2 aromatic rings. The van der Waals surface area contributed by atoms with Crippen molar-refractivity contribution in [2.45, 2.75) is 57.5 Å². The zero-order valence-electron chi connectivity index (χ0n) is 19.0. The molecule has 182 valence electrons. The lowest BCUT2D eigenvalue weighted by Gasteiger charge is -2.32.